The number of hydrogen-bond acceptors (Lipinski definition) is 4. The van der Waals surface area contributed by atoms with Crippen LogP contribution in [0, 0.1) is 11.8 Å². The van der Waals surface area contributed by atoms with Crippen LogP contribution in [0.1, 0.15) is 188 Å². The molecular weight excluding hydrogens is 508 g/mol. The van der Waals surface area contributed by atoms with Gasteiger partial charge in [-0.3, -0.25) is 9.59 Å². The normalized spacial score (nSPS) is 16.9. The summed E-state index contributed by atoms with van der Waals surface area (Å²) < 4.78 is 11.3. The van der Waals surface area contributed by atoms with E-state index in [0.29, 0.717) is 26.1 Å². The molecule has 0 aromatic rings. The Morgan fingerprint density at radius 3 is 1.22 bits per heavy atom. The molecule has 0 heterocycles. The molecule has 0 spiro atoms. The molecule has 0 radical (unpaired) electrons. The van der Waals surface area contributed by atoms with Gasteiger partial charge in [0.15, 0.2) is 0 Å². The minimum atomic E-state index is -0.398. The number of allylic oxidation sites excluding steroid dienone is 2. The number of unbranched alkanes of at least 4 members (excludes halogenated alkanes) is 22. The van der Waals surface area contributed by atoms with Crippen molar-refractivity contribution in [3.05, 3.63) is 11.6 Å². The van der Waals surface area contributed by atoms with E-state index >= 15 is 0 Å². The van der Waals surface area contributed by atoms with Crippen molar-refractivity contribution in [1.82, 2.24) is 0 Å². The number of carbonyl (C=O) groups is 2. The third-order valence-corrected chi connectivity index (χ3v) is 8.84. The minimum Gasteiger partial charge on any atom is -0.465 e. The van der Waals surface area contributed by atoms with Crippen molar-refractivity contribution in [3.63, 3.8) is 0 Å². The molecule has 1 aliphatic carbocycles. The van der Waals surface area contributed by atoms with Crippen molar-refractivity contribution in [1.29, 1.82) is 0 Å². The summed E-state index contributed by atoms with van der Waals surface area (Å²) in [6.45, 7) is 7.51. The molecule has 0 bridgehead atoms. The van der Waals surface area contributed by atoms with Gasteiger partial charge in [-0.15, -0.1) is 0 Å². The van der Waals surface area contributed by atoms with Crippen LogP contribution >= 0.6 is 0 Å². The molecule has 0 fully saturated rings. The van der Waals surface area contributed by atoms with Gasteiger partial charge in [0, 0.05) is 0 Å². The zero-order valence-electron chi connectivity index (χ0n) is 27.7. The lowest BCUT2D eigenvalue weighted by Gasteiger charge is -2.27. The van der Waals surface area contributed by atoms with Crippen LogP contribution in [0.5, 0.6) is 0 Å². The van der Waals surface area contributed by atoms with E-state index in [1.54, 1.807) is 0 Å². The van der Waals surface area contributed by atoms with E-state index < -0.39 is 11.8 Å². The molecular formula is C37H68O4. The maximum Gasteiger partial charge on any atom is 0.310 e. The Morgan fingerprint density at radius 2 is 0.854 bits per heavy atom. The second kappa shape index (κ2) is 27.5. The van der Waals surface area contributed by atoms with Crippen molar-refractivity contribution < 1.29 is 19.1 Å². The number of carbonyl (C=O) groups excluding carboxylic acids is 2. The lowest BCUT2D eigenvalue weighted by Crippen LogP contribution is -2.34. The molecule has 4 nitrogen and oxygen atoms in total. The predicted molar refractivity (Wildman–Crippen MR) is 174 cm³/mol. The molecule has 0 amide bonds. The lowest BCUT2D eigenvalue weighted by atomic mass is 9.80. The smallest absolute Gasteiger partial charge is 0.310 e. The first kappa shape index (κ1) is 37.7. The van der Waals surface area contributed by atoms with E-state index in [9.17, 15) is 9.59 Å². The summed E-state index contributed by atoms with van der Waals surface area (Å²) in [7, 11) is 0. The van der Waals surface area contributed by atoms with Gasteiger partial charge in [-0.2, -0.15) is 0 Å². The van der Waals surface area contributed by atoms with Crippen LogP contribution in [-0.2, 0) is 19.1 Å². The van der Waals surface area contributed by atoms with E-state index in [-0.39, 0.29) is 11.9 Å². The van der Waals surface area contributed by atoms with E-state index in [0.717, 1.165) is 25.7 Å². The van der Waals surface area contributed by atoms with Gasteiger partial charge in [0.1, 0.15) is 0 Å². The van der Waals surface area contributed by atoms with E-state index in [1.165, 1.54) is 134 Å². The zero-order valence-corrected chi connectivity index (χ0v) is 27.7. The largest absolute Gasteiger partial charge is 0.465 e. The van der Waals surface area contributed by atoms with Gasteiger partial charge in [-0.25, -0.2) is 0 Å². The molecule has 0 saturated heterocycles. The average Bonchev–Trinajstić information content (AvgIpc) is 2.97. The summed E-state index contributed by atoms with van der Waals surface area (Å²) in [5.74, 6) is -1.23. The number of rotatable bonds is 28. The Balaban J connectivity index is 2.10. The first-order chi connectivity index (χ1) is 20.1. The Labute approximate surface area is 255 Å². The van der Waals surface area contributed by atoms with Crippen LogP contribution in [0.2, 0.25) is 0 Å². The zero-order chi connectivity index (χ0) is 29.8. The highest BCUT2D eigenvalue weighted by Crippen LogP contribution is 2.32. The molecule has 1 aliphatic rings. The van der Waals surface area contributed by atoms with Crippen LogP contribution < -0.4 is 0 Å². The molecule has 4 heteroatoms. The van der Waals surface area contributed by atoms with Gasteiger partial charge in [-0.05, 0) is 32.6 Å². The number of esters is 2. The van der Waals surface area contributed by atoms with Gasteiger partial charge in [0.2, 0.25) is 0 Å². The summed E-state index contributed by atoms with van der Waals surface area (Å²) >= 11 is 0. The van der Waals surface area contributed by atoms with Gasteiger partial charge >= 0.3 is 11.9 Å². The Morgan fingerprint density at radius 1 is 0.537 bits per heavy atom. The highest BCUT2D eigenvalue weighted by Gasteiger charge is 2.37. The molecule has 0 aliphatic heterocycles. The summed E-state index contributed by atoms with van der Waals surface area (Å²) in [4.78, 5) is 25.7. The standard InChI is InChI=1S/C37H68O4/c1-4-6-8-10-12-14-16-18-20-22-24-26-30-40-36(38)34-29-28-33(3)32-35(34)37(39)41-31-27-25-23-21-19-17-15-13-11-9-7-5-2/h28,34-35H,4-27,29-32H2,1-3H3. The van der Waals surface area contributed by atoms with E-state index in [4.69, 9.17) is 9.47 Å². The van der Waals surface area contributed by atoms with Crippen molar-refractivity contribution in [2.24, 2.45) is 11.8 Å². The van der Waals surface area contributed by atoms with Crippen LogP contribution in [0.3, 0.4) is 0 Å². The Kier molecular flexibility index (Phi) is 25.3. The number of hydrogen-bond donors (Lipinski definition) is 0. The summed E-state index contributed by atoms with van der Waals surface area (Å²) in [6, 6.07) is 0. The van der Waals surface area contributed by atoms with Gasteiger partial charge in [-0.1, -0.05) is 167 Å². The lowest BCUT2D eigenvalue weighted by molar-refractivity contribution is -0.161. The molecule has 2 unspecified atom stereocenters. The minimum absolute atomic E-state index is 0.215. The number of ether oxygens (including phenoxy) is 2. The van der Waals surface area contributed by atoms with Gasteiger partial charge < -0.3 is 9.47 Å². The SMILES string of the molecule is CCCCCCCCCCCCCCOC(=O)C1CC=C(C)CC1C(=O)OCCCCCCCCCCCCCC. The van der Waals surface area contributed by atoms with Crippen LogP contribution in [0.4, 0.5) is 0 Å². The summed E-state index contributed by atoms with van der Waals surface area (Å²) in [6.07, 6.45) is 34.2. The second-order valence-corrected chi connectivity index (χ2v) is 12.8. The fourth-order valence-corrected chi connectivity index (χ4v) is 6.02. The molecule has 240 valence electrons. The van der Waals surface area contributed by atoms with Gasteiger partial charge in [0.05, 0.1) is 25.0 Å². The van der Waals surface area contributed by atoms with Crippen molar-refractivity contribution in [2.45, 2.75) is 188 Å². The van der Waals surface area contributed by atoms with Crippen LogP contribution in [-0.4, -0.2) is 25.2 Å². The topological polar surface area (TPSA) is 52.6 Å². The van der Waals surface area contributed by atoms with Crippen molar-refractivity contribution >= 4 is 11.9 Å². The highest BCUT2D eigenvalue weighted by molar-refractivity contribution is 5.83. The summed E-state index contributed by atoms with van der Waals surface area (Å²) in [5, 5.41) is 0. The second-order valence-electron chi connectivity index (χ2n) is 12.8. The molecule has 0 saturated carbocycles. The maximum absolute atomic E-state index is 12.9. The first-order valence-corrected chi connectivity index (χ1v) is 18.1. The molecule has 0 aromatic carbocycles. The Bertz CT molecular complexity index is 655. The quantitative estimate of drug-likeness (QED) is 0.0528. The summed E-state index contributed by atoms with van der Waals surface area (Å²) in [5.41, 5.74) is 1.17. The maximum atomic E-state index is 12.9. The van der Waals surface area contributed by atoms with Crippen molar-refractivity contribution in [2.75, 3.05) is 13.2 Å². The van der Waals surface area contributed by atoms with Crippen LogP contribution in [0.25, 0.3) is 0 Å². The monoisotopic (exact) mass is 577 g/mol. The van der Waals surface area contributed by atoms with E-state index in [2.05, 4.69) is 19.9 Å². The van der Waals surface area contributed by atoms with E-state index in [1.807, 2.05) is 6.92 Å². The van der Waals surface area contributed by atoms with Crippen LogP contribution in [0.15, 0.2) is 11.6 Å². The molecule has 41 heavy (non-hydrogen) atoms. The molecule has 2 atom stereocenters. The third kappa shape index (κ3) is 21.1. The van der Waals surface area contributed by atoms with Gasteiger partial charge in [0.25, 0.3) is 0 Å². The Hall–Kier alpha value is -1.32. The third-order valence-electron chi connectivity index (χ3n) is 8.84. The molecule has 0 N–H and O–H groups in total. The fraction of sp³-hybridized carbons (Fsp3) is 0.892. The fourth-order valence-electron chi connectivity index (χ4n) is 6.02. The highest BCUT2D eigenvalue weighted by atomic mass is 16.5. The average molecular weight is 577 g/mol. The molecule has 1 rings (SSSR count). The predicted octanol–water partition coefficient (Wildman–Crippen LogP) is 11.4. The molecule has 0 aromatic heterocycles. The van der Waals surface area contributed by atoms with Crippen molar-refractivity contribution in [3.8, 4) is 0 Å². The first-order valence-electron chi connectivity index (χ1n) is 18.1.